The van der Waals surface area contributed by atoms with Gasteiger partial charge in [-0.25, -0.2) is 13.5 Å². The minimum absolute atomic E-state index is 0.0720. The molecule has 160 valence electrons. The summed E-state index contributed by atoms with van der Waals surface area (Å²) in [5, 5.41) is 17.0. The van der Waals surface area contributed by atoms with E-state index in [2.05, 4.69) is 26.5 Å². The first-order valence-electron chi connectivity index (χ1n) is 10.2. The lowest BCUT2D eigenvalue weighted by molar-refractivity contribution is -0.0361. The van der Waals surface area contributed by atoms with Crippen LogP contribution >= 0.6 is 0 Å². The van der Waals surface area contributed by atoms with Crippen LogP contribution in [-0.2, 0) is 4.74 Å². The molecule has 2 aliphatic rings. The topological polar surface area (TPSA) is 91.9 Å². The molecule has 0 radical (unpaired) electrons. The van der Waals surface area contributed by atoms with E-state index < -0.39 is 12.0 Å². The maximum Gasteiger partial charge on any atom is 0.254 e. The molecular formula is C20H25F2N7O. The van der Waals surface area contributed by atoms with Crippen molar-refractivity contribution in [2.45, 2.75) is 57.6 Å². The molecule has 0 bridgehead atoms. The normalized spacial score (nSPS) is 22.0. The zero-order chi connectivity index (χ0) is 21.3. The van der Waals surface area contributed by atoms with Crippen LogP contribution in [0.1, 0.15) is 37.1 Å². The second-order valence-electron chi connectivity index (χ2n) is 7.96. The van der Waals surface area contributed by atoms with E-state index in [9.17, 15) is 14.0 Å². The molecule has 2 fully saturated rings. The van der Waals surface area contributed by atoms with Crippen LogP contribution < -0.4 is 10.2 Å². The second kappa shape index (κ2) is 8.14. The predicted octanol–water partition coefficient (Wildman–Crippen LogP) is 3.00. The number of hydrogen-bond acceptors (Lipinski definition) is 7. The number of nitrogens with one attached hydrogen (secondary N) is 1. The summed E-state index contributed by atoms with van der Waals surface area (Å²) in [7, 11) is 0. The molecule has 1 saturated heterocycles. The van der Waals surface area contributed by atoms with Crippen LogP contribution in [0.3, 0.4) is 0 Å². The Morgan fingerprint density at radius 2 is 2.00 bits per heavy atom. The van der Waals surface area contributed by atoms with Crippen molar-refractivity contribution in [1.82, 2.24) is 19.7 Å². The van der Waals surface area contributed by atoms with Gasteiger partial charge in [0.2, 0.25) is 5.92 Å². The molecular weight excluding hydrogens is 392 g/mol. The van der Waals surface area contributed by atoms with Crippen LogP contribution in [0.15, 0.2) is 12.1 Å². The predicted molar refractivity (Wildman–Crippen MR) is 107 cm³/mol. The first-order chi connectivity index (χ1) is 14.3. The Labute approximate surface area is 173 Å². The molecule has 3 heterocycles. The number of halogens is 2. The van der Waals surface area contributed by atoms with Crippen molar-refractivity contribution in [3.05, 3.63) is 23.5 Å². The Hall–Kier alpha value is -2.80. The summed E-state index contributed by atoms with van der Waals surface area (Å²) in [6.45, 7) is 5.25. The standard InChI is InChI=1S/C20H25F2N7O/c1-13-9-14(2)29(27-13)19-25-17(24-15-3-5-20(21,22)6-4-15)10-18(26-19)28-7-8-30-16(11-23)12-28/h9-10,15-16H,3-8,12H2,1-2H3,(H,24,25,26). The van der Waals surface area contributed by atoms with Gasteiger partial charge in [0.1, 0.15) is 11.6 Å². The molecule has 1 aliphatic carbocycles. The highest BCUT2D eigenvalue weighted by Crippen LogP contribution is 2.34. The van der Waals surface area contributed by atoms with Gasteiger partial charge in [0, 0.05) is 37.2 Å². The van der Waals surface area contributed by atoms with Crippen LogP contribution in [0.5, 0.6) is 0 Å². The number of ether oxygens (including phenoxy) is 1. The fourth-order valence-corrected chi connectivity index (χ4v) is 3.91. The number of aromatic nitrogens is 4. The minimum Gasteiger partial charge on any atom is -0.367 e. The SMILES string of the molecule is Cc1cc(C)n(-c2nc(NC3CCC(F)(F)CC3)cc(N3CCOC(C#N)C3)n2)n1. The van der Waals surface area contributed by atoms with Gasteiger partial charge >= 0.3 is 0 Å². The minimum atomic E-state index is -2.58. The lowest BCUT2D eigenvalue weighted by atomic mass is 9.92. The van der Waals surface area contributed by atoms with Gasteiger partial charge < -0.3 is 15.0 Å². The smallest absolute Gasteiger partial charge is 0.254 e. The Morgan fingerprint density at radius 3 is 2.67 bits per heavy atom. The van der Waals surface area contributed by atoms with Crippen molar-refractivity contribution in [2.24, 2.45) is 0 Å². The third-order valence-electron chi connectivity index (χ3n) is 5.50. The lowest BCUT2D eigenvalue weighted by Crippen LogP contribution is -2.42. The fourth-order valence-electron chi connectivity index (χ4n) is 3.91. The van der Waals surface area contributed by atoms with E-state index in [0.29, 0.717) is 50.1 Å². The number of nitriles is 1. The molecule has 0 amide bonds. The summed E-state index contributed by atoms with van der Waals surface area (Å²) in [5.41, 5.74) is 1.74. The van der Waals surface area contributed by atoms with E-state index in [1.807, 2.05) is 30.9 Å². The number of morpholine rings is 1. The Balaban J connectivity index is 1.64. The van der Waals surface area contributed by atoms with Crippen molar-refractivity contribution in [2.75, 3.05) is 29.9 Å². The van der Waals surface area contributed by atoms with Gasteiger partial charge in [-0.3, -0.25) is 0 Å². The van der Waals surface area contributed by atoms with Crippen LogP contribution in [0.25, 0.3) is 5.95 Å². The van der Waals surface area contributed by atoms with Gasteiger partial charge in [-0.05, 0) is 32.8 Å². The van der Waals surface area contributed by atoms with E-state index in [1.165, 1.54) is 0 Å². The molecule has 1 aliphatic heterocycles. The fraction of sp³-hybridized carbons (Fsp3) is 0.600. The maximum atomic E-state index is 13.5. The third kappa shape index (κ3) is 4.51. The average molecular weight is 417 g/mol. The lowest BCUT2D eigenvalue weighted by Gasteiger charge is -2.32. The van der Waals surface area contributed by atoms with Gasteiger partial charge in [0.05, 0.1) is 24.9 Å². The van der Waals surface area contributed by atoms with Crippen LogP contribution in [0.2, 0.25) is 0 Å². The molecule has 1 unspecified atom stereocenters. The van der Waals surface area contributed by atoms with Crippen molar-refractivity contribution in [3.8, 4) is 12.0 Å². The first kappa shape index (κ1) is 20.5. The van der Waals surface area contributed by atoms with E-state index in [1.54, 1.807) is 4.68 Å². The summed E-state index contributed by atoms with van der Waals surface area (Å²) in [6, 6.07) is 5.81. The third-order valence-corrected chi connectivity index (χ3v) is 5.50. The zero-order valence-corrected chi connectivity index (χ0v) is 17.1. The van der Waals surface area contributed by atoms with Crippen LogP contribution in [0, 0.1) is 25.2 Å². The van der Waals surface area contributed by atoms with E-state index in [4.69, 9.17) is 4.74 Å². The quantitative estimate of drug-likeness (QED) is 0.818. The largest absolute Gasteiger partial charge is 0.367 e. The molecule has 8 nitrogen and oxygen atoms in total. The van der Waals surface area contributed by atoms with E-state index in [-0.39, 0.29) is 18.9 Å². The molecule has 1 N–H and O–H groups in total. The molecule has 4 rings (SSSR count). The van der Waals surface area contributed by atoms with Crippen molar-refractivity contribution in [1.29, 1.82) is 5.26 Å². The Morgan fingerprint density at radius 1 is 1.23 bits per heavy atom. The van der Waals surface area contributed by atoms with Gasteiger partial charge in [0.25, 0.3) is 5.95 Å². The molecule has 1 atom stereocenters. The van der Waals surface area contributed by atoms with Crippen molar-refractivity contribution in [3.63, 3.8) is 0 Å². The Bertz CT molecular complexity index is 945. The molecule has 2 aromatic rings. The van der Waals surface area contributed by atoms with Crippen LogP contribution in [0.4, 0.5) is 20.4 Å². The summed E-state index contributed by atoms with van der Waals surface area (Å²) >= 11 is 0. The molecule has 2 aromatic heterocycles. The van der Waals surface area contributed by atoms with Gasteiger partial charge in [-0.2, -0.15) is 20.3 Å². The summed E-state index contributed by atoms with van der Waals surface area (Å²) in [4.78, 5) is 11.3. The number of alkyl halides is 2. The average Bonchev–Trinajstić information content (AvgIpc) is 3.07. The first-order valence-corrected chi connectivity index (χ1v) is 10.2. The molecule has 0 aromatic carbocycles. The summed E-state index contributed by atoms with van der Waals surface area (Å²) in [5.74, 6) is -0.955. The van der Waals surface area contributed by atoms with Gasteiger partial charge in [-0.15, -0.1) is 0 Å². The number of rotatable bonds is 4. The molecule has 0 spiro atoms. The maximum absolute atomic E-state index is 13.5. The highest BCUT2D eigenvalue weighted by molar-refractivity contribution is 5.52. The van der Waals surface area contributed by atoms with Gasteiger partial charge in [-0.1, -0.05) is 0 Å². The highest BCUT2D eigenvalue weighted by Gasteiger charge is 2.35. The molecule has 10 heteroatoms. The van der Waals surface area contributed by atoms with Gasteiger partial charge in [0.15, 0.2) is 6.10 Å². The second-order valence-corrected chi connectivity index (χ2v) is 7.96. The Kier molecular flexibility index (Phi) is 5.56. The van der Waals surface area contributed by atoms with E-state index in [0.717, 1.165) is 11.4 Å². The summed E-state index contributed by atoms with van der Waals surface area (Å²) < 4.78 is 34.1. The van der Waals surface area contributed by atoms with Crippen molar-refractivity contribution >= 4 is 11.6 Å². The number of nitrogens with zero attached hydrogens (tertiary/aromatic N) is 6. The zero-order valence-electron chi connectivity index (χ0n) is 17.1. The number of hydrogen-bond donors (Lipinski definition) is 1. The number of aryl methyl sites for hydroxylation is 2. The number of anilines is 2. The summed E-state index contributed by atoms with van der Waals surface area (Å²) in [6.07, 6.45) is -0.00556. The molecule has 1 saturated carbocycles. The monoisotopic (exact) mass is 417 g/mol. The molecule has 30 heavy (non-hydrogen) atoms. The van der Waals surface area contributed by atoms with E-state index >= 15 is 0 Å². The van der Waals surface area contributed by atoms with Crippen molar-refractivity contribution < 1.29 is 13.5 Å². The van der Waals surface area contributed by atoms with Crippen LogP contribution in [-0.4, -0.2) is 57.5 Å². The highest BCUT2D eigenvalue weighted by atomic mass is 19.3.